The highest BCUT2D eigenvalue weighted by molar-refractivity contribution is 5.73. The van der Waals surface area contributed by atoms with Crippen LogP contribution in [0.4, 0.5) is 18.9 Å². The maximum atomic E-state index is 10.6. The molecular weight excluding hydrogens is 329 g/mol. The van der Waals surface area contributed by atoms with Crippen LogP contribution in [0.5, 0.6) is 11.5 Å². The maximum absolute atomic E-state index is 10.6. The van der Waals surface area contributed by atoms with Crippen molar-refractivity contribution in [3.63, 3.8) is 0 Å². The summed E-state index contributed by atoms with van der Waals surface area (Å²) in [7, 11) is 2.16. The van der Waals surface area contributed by atoms with E-state index in [1.54, 1.807) is 0 Å². The van der Waals surface area contributed by atoms with Crippen molar-refractivity contribution in [2.45, 2.75) is 25.1 Å². The minimum atomic E-state index is -5.08. The predicted molar refractivity (Wildman–Crippen MR) is 80.6 cm³/mol. The molecule has 0 unspecified atom stereocenters. The Morgan fingerprint density at radius 1 is 1.25 bits per heavy atom. The van der Waals surface area contributed by atoms with Crippen molar-refractivity contribution in [2.24, 2.45) is 0 Å². The summed E-state index contributed by atoms with van der Waals surface area (Å²) in [6.45, 7) is 2.56. The molecule has 0 atom stereocenters. The fraction of sp³-hybridized carbons (Fsp3) is 0.533. The summed E-state index contributed by atoms with van der Waals surface area (Å²) < 4.78 is 42.5. The molecule has 9 heteroatoms. The minimum absolute atomic E-state index is 0.343. The molecule has 1 aromatic carbocycles. The third-order valence-corrected chi connectivity index (χ3v) is 3.86. The van der Waals surface area contributed by atoms with Gasteiger partial charge in [0.1, 0.15) is 0 Å². The van der Waals surface area contributed by atoms with Crippen LogP contribution in [0.25, 0.3) is 0 Å². The van der Waals surface area contributed by atoms with Crippen molar-refractivity contribution >= 4 is 11.7 Å². The molecule has 2 aliphatic heterocycles. The Morgan fingerprint density at radius 3 is 2.42 bits per heavy atom. The largest absolute Gasteiger partial charge is 0.490 e. The van der Waals surface area contributed by atoms with Crippen LogP contribution in [0.3, 0.4) is 0 Å². The monoisotopic (exact) mass is 348 g/mol. The standard InChI is InChI=1S/C13H18N2O2.C2HF3O2/c1-15(10-4-6-14-7-5-10)11-2-3-12-13(8-11)17-9-16-12;3-2(4,5)1(6)7/h2-3,8,10,14H,4-7,9H2,1H3;(H,6,7). The normalized spacial score (nSPS) is 17.0. The van der Waals surface area contributed by atoms with Crippen LogP contribution in [-0.2, 0) is 4.79 Å². The SMILES string of the molecule is CN(c1ccc2c(c1)OCO2)C1CCNCC1.O=C(O)C(F)(F)F. The Balaban J connectivity index is 0.000000256. The number of rotatable bonds is 2. The number of halogens is 3. The maximum Gasteiger partial charge on any atom is 0.490 e. The highest BCUT2D eigenvalue weighted by Crippen LogP contribution is 2.36. The zero-order chi connectivity index (χ0) is 17.7. The number of aliphatic carboxylic acids is 1. The van der Waals surface area contributed by atoms with Gasteiger partial charge in [-0.2, -0.15) is 13.2 Å². The molecule has 2 heterocycles. The quantitative estimate of drug-likeness (QED) is 0.854. The van der Waals surface area contributed by atoms with E-state index in [2.05, 4.69) is 29.4 Å². The van der Waals surface area contributed by atoms with Crippen LogP contribution >= 0.6 is 0 Å². The molecule has 3 rings (SSSR count). The molecule has 2 N–H and O–H groups in total. The van der Waals surface area contributed by atoms with E-state index < -0.39 is 12.1 Å². The number of ether oxygens (including phenoxy) is 2. The van der Waals surface area contributed by atoms with Gasteiger partial charge in [-0.3, -0.25) is 0 Å². The molecule has 0 aromatic heterocycles. The number of nitrogens with zero attached hydrogens (tertiary/aromatic N) is 1. The Morgan fingerprint density at radius 2 is 1.83 bits per heavy atom. The van der Waals surface area contributed by atoms with Gasteiger partial charge >= 0.3 is 12.1 Å². The first kappa shape index (κ1) is 18.2. The fourth-order valence-electron chi connectivity index (χ4n) is 2.51. The van der Waals surface area contributed by atoms with E-state index in [9.17, 15) is 13.2 Å². The molecule has 24 heavy (non-hydrogen) atoms. The van der Waals surface area contributed by atoms with Gasteiger partial charge in [0.05, 0.1) is 0 Å². The molecule has 0 amide bonds. The minimum Gasteiger partial charge on any atom is -0.475 e. The summed E-state index contributed by atoms with van der Waals surface area (Å²) in [6.07, 6.45) is -2.68. The number of hydrogen-bond donors (Lipinski definition) is 2. The van der Waals surface area contributed by atoms with Crippen LogP contribution in [0.2, 0.25) is 0 Å². The van der Waals surface area contributed by atoms with Crippen LogP contribution in [-0.4, -0.2) is 50.2 Å². The van der Waals surface area contributed by atoms with Crippen molar-refractivity contribution in [1.82, 2.24) is 5.32 Å². The average molecular weight is 348 g/mol. The Kier molecular flexibility index (Phi) is 5.76. The van der Waals surface area contributed by atoms with Gasteiger partial charge in [-0.15, -0.1) is 0 Å². The highest BCUT2D eigenvalue weighted by Gasteiger charge is 2.38. The molecule has 134 valence electrons. The molecule has 0 radical (unpaired) electrons. The fourth-order valence-corrected chi connectivity index (χ4v) is 2.51. The molecule has 0 saturated carbocycles. The highest BCUT2D eigenvalue weighted by atomic mass is 19.4. The molecule has 2 aliphatic rings. The van der Waals surface area contributed by atoms with E-state index in [1.807, 2.05) is 6.07 Å². The van der Waals surface area contributed by atoms with Crippen molar-refractivity contribution in [1.29, 1.82) is 0 Å². The number of benzene rings is 1. The second kappa shape index (κ2) is 7.61. The lowest BCUT2D eigenvalue weighted by Gasteiger charge is -2.33. The number of carboxylic acid groups (broad SMARTS) is 1. The number of carbonyl (C=O) groups is 1. The number of carboxylic acids is 1. The third kappa shape index (κ3) is 4.67. The molecule has 1 aromatic rings. The first-order chi connectivity index (χ1) is 11.3. The van der Waals surface area contributed by atoms with Crippen molar-refractivity contribution < 1.29 is 32.5 Å². The molecule has 0 aliphatic carbocycles. The number of fused-ring (bicyclic) bond motifs is 1. The van der Waals surface area contributed by atoms with Gasteiger partial charge in [-0.25, -0.2) is 4.79 Å². The van der Waals surface area contributed by atoms with Gasteiger partial charge < -0.3 is 24.8 Å². The Labute approximate surface area is 137 Å². The average Bonchev–Trinajstić information content (AvgIpc) is 3.02. The Bertz CT molecular complexity index is 574. The van der Waals surface area contributed by atoms with Crippen LogP contribution in [0, 0.1) is 0 Å². The lowest BCUT2D eigenvalue weighted by molar-refractivity contribution is -0.192. The summed E-state index contributed by atoms with van der Waals surface area (Å²) in [5.41, 5.74) is 1.21. The van der Waals surface area contributed by atoms with Crippen LogP contribution in [0.15, 0.2) is 18.2 Å². The number of piperidine rings is 1. The number of hydrogen-bond acceptors (Lipinski definition) is 5. The van der Waals surface area contributed by atoms with E-state index in [0.717, 1.165) is 24.6 Å². The third-order valence-electron chi connectivity index (χ3n) is 3.86. The summed E-state index contributed by atoms with van der Waals surface area (Å²) >= 11 is 0. The molecule has 1 fully saturated rings. The summed E-state index contributed by atoms with van der Waals surface area (Å²) in [5.74, 6) is -1.04. The lowest BCUT2D eigenvalue weighted by Crippen LogP contribution is -2.41. The van der Waals surface area contributed by atoms with Gasteiger partial charge in [0.2, 0.25) is 6.79 Å². The first-order valence-electron chi connectivity index (χ1n) is 7.42. The lowest BCUT2D eigenvalue weighted by atomic mass is 10.0. The van der Waals surface area contributed by atoms with Crippen LogP contribution in [0.1, 0.15) is 12.8 Å². The zero-order valence-corrected chi connectivity index (χ0v) is 13.1. The number of nitrogens with one attached hydrogen (secondary N) is 1. The molecule has 0 bridgehead atoms. The second-order valence-electron chi connectivity index (χ2n) is 5.43. The summed E-state index contributed by atoms with van der Waals surface area (Å²) in [5, 5.41) is 10.5. The van der Waals surface area contributed by atoms with Crippen molar-refractivity contribution in [2.75, 3.05) is 31.8 Å². The van der Waals surface area contributed by atoms with Crippen molar-refractivity contribution in [3.05, 3.63) is 18.2 Å². The molecule has 0 spiro atoms. The topological polar surface area (TPSA) is 71.0 Å². The van der Waals surface area contributed by atoms with E-state index in [-0.39, 0.29) is 0 Å². The molecule has 6 nitrogen and oxygen atoms in total. The number of anilines is 1. The molecule has 1 saturated heterocycles. The van der Waals surface area contributed by atoms with Gasteiger partial charge in [-0.1, -0.05) is 0 Å². The van der Waals surface area contributed by atoms with Gasteiger partial charge in [0.25, 0.3) is 0 Å². The second-order valence-corrected chi connectivity index (χ2v) is 5.43. The van der Waals surface area contributed by atoms with E-state index in [1.165, 1.54) is 18.5 Å². The van der Waals surface area contributed by atoms with Gasteiger partial charge in [-0.05, 0) is 38.1 Å². The smallest absolute Gasteiger partial charge is 0.475 e. The predicted octanol–water partition coefficient (Wildman–Crippen LogP) is 2.24. The van der Waals surface area contributed by atoms with E-state index >= 15 is 0 Å². The van der Waals surface area contributed by atoms with E-state index in [4.69, 9.17) is 19.4 Å². The first-order valence-corrected chi connectivity index (χ1v) is 7.42. The number of alkyl halides is 3. The van der Waals surface area contributed by atoms with E-state index in [0.29, 0.717) is 12.8 Å². The summed E-state index contributed by atoms with van der Waals surface area (Å²) in [4.78, 5) is 11.2. The molecular formula is C15H19F3N2O4. The van der Waals surface area contributed by atoms with Crippen molar-refractivity contribution in [3.8, 4) is 11.5 Å². The van der Waals surface area contributed by atoms with Crippen LogP contribution < -0.4 is 19.7 Å². The van der Waals surface area contributed by atoms with Gasteiger partial charge in [0, 0.05) is 24.8 Å². The Hall–Kier alpha value is -2.16. The summed E-state index contributed by atoms with van der Waals surface area (Å²) in [6, 6.07) is 6.80. The van der Waals surface area contributed by atoms with Gasteiger partial charge in [0.15, 0.2) is 11.5 Å². The zero-order valence-electron chi connectivity index (χ0n) is 13.1.